The smallest absolute Gasteiger partial charge is 3.00 e. The molecule has 0 bridgehead atoms. The first-order valence-corrected chi connectivity index (χ1v) is 0. The van der Waals surface area contributed by atoms with Gasteiger partial charge in [-0.25, -0.2) is 0 Å². The first-order valence-electron chi connectivity index (χ1n) is 0. The normalized spacial score (nSPS) is 0. The van der Waals surface area contributed by atoms with E-state index in [1.165, 1.54) is 0 Å². The molecule has 3 radical (unpaired) electrons. The fraction of sp³-hybridized carbons (Fsp3) is 0. The minimum atomic E-state index is 0. The molecule has 0 aromatic carbocycles. The minimum absolute atomic E-state index is 0. The van der Waals surface area contributed by atoms with E-state index in [1.54, 1.807) is 0 Å². The van der Waals surface area contributed by atoms with Crippen LogP contribution < -0.4 is 0 Å². The van der Waals surface area contributed by atoms with Crippen LogP contribution in [-0.2, 0) is 60.3 Å². The van der Waals surface area contributed by atoms with Gasteiger partial charge in [0.1, 0.15) is 0 Å². The molecule has 13 heavy (non-hydrogen) atoms. The van der Waals surface area contributed by atoms with Crippen molar-refractivity contribution in [3.05, 3.63) is 43.1 Å². The summed E-state index contributed by atoms with van der Waals surface area (Å²) in [5.74, 6) is 0. The van der Waals surface area contributed by atoms with Crippen LogP contribution in [0, 0.1) is 0 Å². The van der Waals surface area contributed by atoms with Gasteiger partial charge in [-0.2, -0.15) is 0 Å². The van der Waals surface area contributed by atoms with Crippen molar-refractivity contribution in [1.82, 2.24) is 0 Å². The Morgan fingerprint density at radius 1 is 0.231 bits per heavy atom. The van der Waals surface area contributed by atoms with Gasteiger partial charge in [0.2, 0.25) is 0 Å². The maximum atomic E-state index is 0. The summed E-state index contributed by atoms with van der Waals surface area (Å²) in [6.45, 7) is 0. The zero-order valence-corrected chi connectivity index (χ0v) is 16.5. The number of rotatable bonds is 0. The first-order chi connectivity index (χ1) is 0. The van der Waals surface area contributed by atoms with Crippen molar-refractivity contribution in [3.8, 4) is 0 Å². The molecular formula is Al3Ir3N7. The quantitative estimate of drug-likeness (QED) is 0.315. The maximum Gasteiger partial charge on any atom is 4.00 e. The number of hydrogen-bond acceptors (Lipinski definition) is 0. The number of nitrogens with zero attached hydrogens (tertiary/aromatic N) is 7. The summed E-state index contributed by atoms with van der Waals surface area (Å²) in [5, 5.41) is 0. The number of hydrogen-bond donors (Lipinski definition) is 0. The molecule has 7 nitrogen and oxygen atoms in total. The van der Waals surface area contributed by atoms with Gasteiger partial charge in [-0.15, -0.1) is 0 Å². The van der Waals surface area contributed by atoms with Crippen LogP contribution in [0.5, 0.6) is 0 Å². The molecule has 0 aromatic rings. The van der Waals surface area contributed by atoms with Crippen molar-refractivity contribution in [2.45, 2.75) is 0 Å². The molecule has 0 aliphatic rings. The van der Waals surface area contributed by atoms with Crippen LogP contribution in [0.1, 0.15) is 0 Å². The Kier molecular flexibility index (Phi) is 7970. The second-order valence-corrected chi connectivity index (χ2v) is 0. The van der Waals surface area contributed by atoms with Crippen molar-refractivity contribution < 1.29 is 60.3 Å². The van der Waals surface area contributed by atoms with Crippen molar-refractivity contribution in [2.75, 3.05) is 0 Å². The van der Waals surface area contributed by atoms with Gasteiger partial charge in [0, 0.05) is 0 Å². The third-order valence-corrected chi connectivity index (χ3v) is 0. The van der Waals surface area contributed by atoms with E-state index < -0.39 is 0 Å². The molecular weight excluding hydrogens is 756 g/mol. The van der Waals surface area contributed by atoms with E-state index in [4.69, 9.17) is 0 Å². The van der Waals surface area contributed by atoms with Gasteiger partial charge in [-0.3, -0.25) is 0 Å². The summed E-state index contributed by atoms with van der Waals surface area (Å²) in [7, 11) is 0. The summed E-state index contributed by atoms with van der Waals surface area (Å²) in [6, 6.07) is 0. The van der Waals surface area contributed by atoms with Gasteiger partial charge in [0.25, 0.3) is 0 Å². The predicted octanol–water partition coefficient (Wildman–Crippen LogP) is 0.871. The molecule has 0 atom stereocenters. The van der Waals surface area contributed by atoms with E-state index >= 15 is 0 Å². The molecule has 0 fully saturated rings. The Bertz CT molecular complexity index is 18.9. The van der Waals surface area contributed by atoms with E-state index in [-0.39, 0.29) is 155 Å². The monoisotopic (exact) mass is 758 g/mol. The van der Waals surface area contributed by atoms with Gasteiger partial charge in [-0.05, 0) is 0 Å². The molecule has 0 N–H and O–H groups in total. The van der Waals surface area contributed by atoms with E-state index in [2.05, 4.69) is 0 Å². The molecule has 0 rings (SSSR count). The van der Waals surface area contributed by atoms with Gasteiger partial charge in [0.05, 0.1) is 0 Å². The zero-order chi connectivity index (χ0) is 0. The second-order valence-electron chi connectivity index (χ2n) is 0. The van der Waals surface area contributed by atoms with Crippen molar-refractivity contribution in [3.63, 3.8) is 0 Å². The van der Waals surface area contributed by atoms with Gasteiger partial charge < -0.3 is 43.1 Å². The Hall–Kier alpha value is 3.27. The van der Waals surface area contributed by atoms with Gasteiger partial charge >= 0.3 is 112 Å². The molecule has 0 aromatic heterocycles. The Morgan fingerprint density at radius 2 is 0.231 bits per heavy atom. The average Bonchev–Trinajstić information content (AvgIpc) is 0. The van der Waals surface area contributed by atoms with E-state index in [0.29, 0.717) is 0 Å². The maximum absolute atomic E-state index is 0. The second kappa shape index (κ2) is 291. The third kappa shape index (κ3) is 252. The Balaban J connectivity index is 0. The minimum Gasteiger partial charge on any atom is -3.00 e. The predicted molar refractivity (Wildman–Crippen MR) is 40.8 cm³/mol. The average molecular weight is 756 g/mol. The molecule has 0 saturated carbocycles. The van der Waals surface area contributed by atoms with Crippen LogP contribution in [0.4, 0.5) is 0 Å². The van der Waals surface area contributed by atoms with Crippen molar-refractivity contribution in [1.29, 1.82) is 0 Å². The zero-order valence-electron chi connectivity index (χ0n) is 5.86. The molecule has 0 aliphatic carbocycles. The summed E-state index contributed by atoms with van der Waals surface area (Å²) in [5.41, 5.74) is 0. The van der Waals surface area contributed by atoms with E-state index in [1.807, 2.05) is 0 Å². The van der Waals surface area contributed by atoms with Crippen molar-refractivity contribution >= 4 is 52.1 Å². The molecule has 71 valence electrons. The molecule has 0 amide bonds. The van der Waals surface area contributed by atoms with E-state index in [9.17, 15) is 0 Å². The summed E-state index contributed by atoms with van der Waals surface area (Å²) < 4.78 is 0. The molecule has 0 saturated heterocycles. The third-order valence-electron chi connectivity index (χ3n) is 0. The molecule has 0 heterocycles. The largest absolute Gasteiger partial charge is 4.00 e. The molecule has 13 heteroatoms. The standard InChI is InChI=1S/3Al.3Ir.7N/q3*+3;3*+4;7*-3. The molecule has 0 unspecified atom stereocenters. The fourth-order valence-electron chi connectivity index (χ4n) is 0. The summed E-state index contributed by atoms with van der Waals surface area (Å²) >= 11 is 0. The van der Waals surface area contributed by atoms with Gasteiger partial charge in [-0.1, -0.05) is 0 Å². The summed E-state index contributed by atoms with van der Waals surface area (Å²) in [6.07, 6.45) is 0. The topological polar surface area (TPSA) is 214 Å². The van der Waals surface area contributed by atoms with Crippen LogP contribution >= 0.6 is 0 Å². The summed E-state index contributed by atoms with van der Waals surface area (Å²) in [4.78, 5) is 0. The van der Waals surface area contributed by atoms with Crippen LogP contribution in [0.3, 0.4) is 0 Å². The van der Waals surface area contributed by atoms with Crippen molar-refractivity contribution in [2.24, 2.45) is 0 Å². The first kappa shape index (κ1) is 355. The fourth-order valence-corrected chi connectivity index (χ4v) is 0. The van der Waals surface area contributed by atoms with E-state index in [0.717, 1.165) is 0 Å². The van der Waals surface area contributed by atoms with Gasteiger partial charge in [0.15, 0.2) is 0 Å². The van der Waals surface area contributed by atoms with Crippen LogP contribution in [0.2, 0.25) is 0 Å². The van der Waals surface area contributed by atoms with Crippen LogP contribution in [0.25, 0.3) is 43.1 Å². The molecule has 0 aliphatic heterocycles. The Labute approximate surface area is 153 Å². The Morgan fingerprint density at radius 3 is 0.231 bits per heavy atom. The molecule has 0 spiro atoms. The van der Waals surface area contributed by atoms with Crippen LogP contribution in [0.15, 0.2) is 0 Å². The van der Waals surface area contributed by atoms with Crippen LogP contribution in [-0.4, -0.2) is 52.1 Å². The SMILES string of the molecule is [Al+3].[Al+3].[Al+3].[Ir+4].[Ir+4].[Ir+4].[N-3].[N-3].[N-3].[N-3].[N-3].[N-3].[N-3].